The summed E-state index contributed by atoms with van der Waals surface area (Å²) in [5.41, 5.74) is 0.534. The predicted molar refractivity (Wildman–Crippen MR) is 216 cm³/mol. The van der Waals surface area contributed by atoms with Gasteiger partial charge in [-0.1, -0.05) is 109 Å². The van der Waals surface area contributed by atoms with E-state index in [0.29, 0.717) is 0 Å². The summed E-state index contributed by atoms with van der Waals surface area (Å²) in [6.45, 7) is -1.52. The first kappa shape index (κ1) is 41.8. The fraction of sp³-hybridized carbons (Fsp3) is 0.125. The van der Waals surface area contributed by atoms with Gasteiger partial charge >= 0.3 is 35.8 Å². The number of hydrogen-bond donors (Lipinski definition) is 0. The Hall–Kier alpha value is -7.86. The Kier molecular flexibility index (Phi) is 14.7. The second kappa shape index (κ2) is 21.1. The van der Waals surface area contributed by atoms with Crippen molar-refractivity contribution in [1.29, 1.82) is 0 Å². The van der Waals surface area contributed by atoms with Gasteiger partial charge in [0.25, 0.3) is 0 Å². The van der Waals surface area contributed by atoms with Crippen LogP contribution in [-0.2, 0) is 28.4 Å². The monoisotopic (exact) mass is 806 g/mol. The van der Waals surface area contributed by atoms with E-state index in [1.54, 1.807) is 109 Å². The average Bonchev–Trinajstić information content (AvgIpc) is 3.31. The summed E-state index contributed by atoms with van der Waals surface area (Å²) in [4.78, 5) is 82.5. The standard InChI is InChI=1S/C48H38O12/c49-43(33-19-7-1-8-20-33)55-31-39(57-45(51)35-23-11-3-12-24-35)41(59-47(53)37-27-15-5-16-28-37)42(60-48(54)38-29-17-6-18-30-38)40(58-46(52)36-25-13-4-14-26-36)32-56-44(50)34-21-9-2-10-22-34/h1-30,39-42H,31-32H2/t39-,40-,41-,42+/m0/s1. The number of esters is 6. The third kappa shape index (κ3) is 11.6. The Labute approximate surface area is 345 Å². The minimum Gasteiger partial charge on any atom is -0.458 e. The molecule has 0 unspecified atom stereocenters. The van der Waals surface area contributed by atoms with Crippen LogP contribution in [0, 0.1) is 0 Å². The van der Waals surface area contributed by atoms with Crippen LogP contribution in [0.25, 0.3) is 0 Å². The van der Waals surface area contributed by atoms with Crippen LogP contribution in [-0.4, -0.2) is 73.4 Å². The first-order valence-corrected chi connectivity index (χ1v) is 18.8. The number of hydrogen-bond acceptors (Lipinski definition) is 12. The van der Waals surface area contributed by atoms with Crippen LogP contribution in [0.15, 0.2) is 182 Å². The van der Waals surface area contributed by atoms with E-state index in [4.69, 9.17) is 28.4 Å². The van der Waals surface area contributed by atoms with Crippen molar-refractivity contribution in [3.63, 3.8) is 0 Å². The van der Waals surface area contributed by atoms with Gasteiger partial charge in [-0.2, -0.15) is 0 Å². The van der Waals surface area contributed by atoms with Gasteiger partial charge in [0.15, 0.2) is 24.4 Å². The summed E-state index contributed by atoms with van der Waals surface area (Å²) in [6, 6.07) is 47.1. The first-order chi connectivity index (χ1) is 29.3. The topological polar surface area (TPSA) is 158 Å². The maximum Gasteiger partial charge on any atom is 0.338 e. The lowest BCUT2D eigenvalue weighted by molar-refractivity contribution is -0.138. The van der Waals surface area contributed by atoms with Gasteiger partial charge in [-0.15, -0.1) is 0 Å². The molecule has 0 aliphatic rings. The van der Waals surface area contributed by atoms with Crippen molar-refractivity contribution in [3.05, 3.63) is 215 Å². The second-order valence-corrected chi connectivity index (χ2v) is 13.0. The zero-order valence-corrected chi connectivity index (χ0v) is 31.9. The number of ether oxygens (including phenoxy) is 6. The zero-order valence-electron chi connectivity index (χ0n) is 31.9. The molecule has 0 heterocycles. The quantitative estimate of drug-likeness (QED) is 0.0658. The molecule has 0 saturated carbocycles. The van der Waals surface area contributed by atoms with Crippen LogP contribution in [0.3, 0.4) is 0 Å². The summed E-state index contributed by atoms with van der Waals surface area (Å²) in [5.74, 6) is -5.48. The molecule has 0 saturated heterocycles. The highest BCUT2D eigenvalue weighted by Gasteiger charge is 2.46. The Bertz CT molecular complexity index is 2170. The Morgan fingerprint density at radius 1 is 0.283 bits per heavy atom. The number of benzene rings is 6. The van der Waals surface area contributed by atoms with Gasteiger partial charge in [-0.3, -0.25) is 0 Å². The maximum absolute atomic E-state index is 14.0. The molecule has 0 radical (unpaired) electrons. The maximum atomic E-state index is 14.0. The third-order valence-electron chi connectivity index (χ3n) is 8.87. The molecule has 12 heteroatoms. The van der Waals surface area contributed by atoms with Gasteiger partial charge in [-0.25, -0.2) is 28.8 Å². The Balaban J connectivity index is 1.48. The van der Waals surface area contributed by atoms with Crippen LogP contribution >= 0.6 is 0 Å². The van der Waals surface area contributed by atoms with E-state index in [1.807, 2.05) is 0 Å². The van der Waals surface area contributed by atoms with E-state index >= 15 is 0 Å². The molecule has 12 nitrogen and oxygen atoms in total. The normalized spacial score (nSPS) is 12.6. The van der Waals surface area contributed by atoms with Crippen molar-refractivity contribution in [2.45, 2.75) is 24.4 Å². The molecule has 0 bridgehead atoms. The molecule has 0 N–H and O–H groups in total. The third-order valence-corrected chi connectivity index (χ3v) is 8.87. The molecule has 6 rings (SSSR count). The molecule has 0 spiro atoms. The second-order valence-electron chi connectivity index (χ2n) is 13.0. The highest BCUT2D eigenvalue weighted by atomic mass is 16.6. The van der Waals surface area contributed by atoms with E-state index < -0.39 is 73.4 Å². The van der Waals surface area contributed by atoms with Crippen molar-refractivity contribution >= 4 is 35.8 Å². The van der Waals surface area contributed by atoms with Gasteiger partial charge in [0.05, 0.1) is 33.4 Å². The van der Waals surface area contributed by atoms with Crippen LogP contribution in [0.5, 0.6) is 0 Å². The molecule has 0 aliphatic carbocycles. The SMILES string of the molecule is O=C(OC[C@H](OC(=O)c1ccccc1)[C@H](OC(=O)c1ccccc1)[C@H](OC(=O)c1ccccc1)[C@H](COC(=O)c1ccccc1)OC(=O)c1ccccc1)c1ccccc1. The molecular weight excluding hydrogens is 769 g/mol. The molecule has 6 aromatic carbocycles. The van der Waals surface area contributed by atoms with Gasteiger partial charge in [0.1, 0.15) is 13.2 Å². The minimum atomic E-state index is -1.91. The summed E-state index contributed by atoms with van der Waals surface area (Å²) in [6.07, 6.45) is -7.33. The molecule has 0 aromatic heterocycles. The van der Waals surface area contributed by atoms with Crippen molar-refractivity contribution in [1.82, 2.24) is 0 Å². The highest BCUT2D eigenvalue weighted by molar-refractivity contribution is 5.93. The lowest BCUT2D eigenvalue weighted by Crippen LogP contribution is -2.54. The van der Waals surface area contributed by atoms with E-state index in [2.05, 4.69) is 0 Å². The summed E-state index contributed by atoms with van der Waals surface area (Å²) < 4.78 is 35.6. The molecule has 302 valence electrons. The van der Waals surface area contributed by atoms with E-state index in [1.165, 1.54) is 72.8 Å². The lowest BCUT2D eigenvalue weighted by Gasteiger charge is -2.35. The largest absolute Gasteiger partial charge is 0.458 e. The number of carbonyl (C=O) groups excluding carboxylic acids is 6. The predicted octanol–water partition coefficient (Wildman–Crippen LogP) is 7.60. The Morgan fingerprint density at radius 3 is 0.717 bits per heavy atom. The van der Waals surface area contributed by atoms with Crippen molar-refractivity contribution in [2.24, 2.45) is 0 Å². The van der Waals surface area contributed by atoms with Gasteiger partial charge < -0.3 is 28.4 Å². The van der Waals surface area contributed by atoms with Gasteiger partial charge in [0.2, 0.25) is 0 Å². The van der Waals surface area contributed by atoms with Gasteiger partial charge in [0, 0.05) is 0 Å². The molecule has 6 aromatic rings. The molecule has 0 fully saturated rings. The fourth-order valence-electron chi connectivity index (χ4n) is 5.82. The highest BCUT2D eigenvalue weighted by Crippen LogP contribution is 2.25. The lowest BCUT2D eigenvalue weighted by atomic mass is 10.0. The molecule has 4 atom stereocenters. The number of carbonyl (C=O) groups is 6. The van der Waals surface area contributed by atoms with Gasteiger partial charge in [-0.05, 0) is 72.8 Å². The summed E-state index contributed by atoms with van der Waals surface area (Å²) in [5, 5.41) is 0. The summed E-state index contributed by atoms with van der Waals surface area (Å²) in [7, 11) is 0. The van der Waals surface area contributed by atoms with E-state index in [0.717, 1.165) is 0 Å². The van der Waals surface area contributed by atoms with Crippen LogP contribution in [0.4, 0.5) is 0 Å². The van der Waals surface area contributed by atoms with Crippen molar-refractivity contribution in [3.8, 4) is 0 Å². The molecule has 0 amide bonds. The van der Waals surface area contributed by atoms with Crippen molar-refractivity contribution in [2.75, 3.05) is 13.2 Å². The zero-order chi connectivity index (χ0) is 42.1. The minimum absolute atomic E-state index is 0.0402. The average molecular weight is 807 g/mol. The fourth-order valence-corrected chi connectivity index (χ4v) is 5.82. The van der Waals surface area contributed by atoms with Crippen LogP contribution < -0.4 is 0 Å². The van der Waals surface area contributed by atoms with E-state index in [9.17, 15) is 28.8 Å². The first-order valence-electron chi connectivity index (χ1n) is 18.8. The van der Waals surface area contributed by atoms with E-state index in [-0.39, 0.29) is 33.4 Å². The van der Waals surface area contributed by atoms with Crippen LogP contribution in [0.1, 0.15) is 62.1 Å². The molecular formula is C48H38O12. The van der Waals surface area contributed by atoms with Crippen LogP contribution in [0.2, 0.25) is 0 Å². The molecule has 60 heavy (non-hydrogen) atoms. The summed E-state index contributed by atoms with van der Waals surface area (Å²) >= 11 is 0. The number of rotatable bonds is 17. The molecule has 0 aliphatic heterocycles. The smallest absolute Gasteiger partial charge is 0.338 e. The van der Waals surface area contributed by atoms with Crippen molar-refractivity contribution < 1.29 is 57.2 Å². The Morgan fingerprint density at radius 2 is 0.483 bits per heavy atom.